The molecule has 0 saturated carbocycles. The minimum absolute atomic E-state index is 0.000386. The molecule has 3 aromatic rings. The van der Waals surface area contributed by atoms with Gasteiger partial charge in [-0.3, -0.25) is 19.3 Å². The maximum Gasteiger partial charge on any atom is 0.308 e. The van der Waals surface area contributed by atoms with E-state index in [9.17, 15) is 18.0 Å². The summed E-state index contributed by atoms with van der Waals surface area (Å²) in [6, 6.07) is 22.5. The summed E-state index contributed by atoms with van der Waals surface area (Å²) >= 11 is 0. The summed E-state index contributed by atoms with van der Waals surface area (Å²) in [5.74, 6) is 0.0767. The molecule has 0 radical (unpaired) electrons. The zero-order chi connectivity index (χ0) is 24.0. The molecule has 0 aliphatic carbocycles. The molecule has 34 heavy (non-hydrogen) atoms. The van der Waals surface area contributed by atoms with Gasteiger partial charge in [0.1, 0.15) is 11.6 Å². The lowest BCUT2D eigenvalue weighted by molar-refractivity contribution is -0.147. The first-order chi connectivity index (χ1) is 16.4. The first-order valence-corrected chi connectivity index (χ1v) is 11.8. The number of esters is 1. The fourth-order valence-electron chi connectivity index (χ4n) is 3.19. The van der Waals surface area contributed by atoms with E-state index in [0.717, 1.165) is 0 Å². The number of anilines is 1. The second-order valence-electron chi connectivity index (χ2n) is 7.20. The van der Waals surface area contributed by atoms with Gasteiger partial charge in [0.25, 0.3) is 15.9 Å². The van der Waals surface area contributed by atoms with Crippen molar-refractivity contribution in [2.75, 3.05) is 18.5 Å². The molecule has 0 spiro atoms. The molecular weight excluding hydrogens is 458 g/mol. The van der Waals surface area contributed by atoms with Gasteiger partial charge in [-0.25, -0.2) is 8.42 Å². The third-order valence-electron chi connectivity index (χ3n) is 4.74. The van der Waals surface area contributed by atoms with Crippen LogP contribution in [-0.2, 0) is 24.3 Å². The molecule has 4 rings (SSSR count). The monoisotopic (exact) mass is 479 g/mol. The Labute approximate surface area is 196 Å². The molecular formula is C24H21N3O6S. The zero-order valence-electron chi connectivity index (χ0n) is 17.9. The maximum absolute atomic E-state index is 12.3. The molecule has 0 fully saturated rings. The topological polar surface area (TPSA) is 123 Å². The standard InChI is InChI=1S/C24H21N3O6S/c28-22(26-19-11-5-6-12-20(19)33-17-8-2-1-3-9-17)16-32-23(29)14-15-25-24-18-10-4-7-13-21(18)34(30,31)27-24/h1-13H,14-16H2,(H,25,27)(H,26,28). The maximum atomic E-state index is 12.3. The van der Waals surface area contributed by atoms with Crippen LogP contribution in [-0.4, -0.2) is 39.3 Å². The number of para-hydroxylation sites is 3. The van der Waals surface area contributed by atoms with Gasteiger partial charge in [0, 0.05) is 5.56 Å². The van der Waals surface area contributed by atoms with Gasteiger partial charge in [0.15, 0.2) is 12.4 Å². The summed E-state index contributed by atoms with van der Waals surface area (Å²) in [6.07, 6.45) is -0.117. The highest BCUT2D eigenvalue weighted by atomic mass is 32.2. The van der Waals surface area contributed by atoms with Crippen LogP contribution in [0.2, 0.25) is 0 Å². The van der Waals surface area contributed by atoms with Crippen molar-refractivity contribution in [3.8, 4) is 11.5 Å². The molecule has 10 heteroatoms. The number of benzene rings is 3. The zero-order valence-corrected chi connectivity index (χ0v) is 18.7. The minimum Gasteiger partial charge on any atom is -0.456 e. The van der Waals surface area contributed by atoms with Crippen LogP contribution in [0.15, 0.2) is 88.8 Å². The molecule has 1 heterocycles. The Morgan fingerprint density at radius 1 is 0.912 bits per heavy atom. The first kappa shape index (κ1) is 23.0. The van der Waals surface area contributed by atoms with E-state index in [1.165, 1.54) is 6.07 Å². The second-order valence-corrected chi connectivity index (χ2v) is 8.85. The van der Waals surface area contributed by atoms with E-state index in [0.29, 0.717) is 22.7 Å². The summed E-state index contributed by atoms with van der Waals surface area (Å²) < 4.78 is 37.3. The molecule has 9 nitrogen and oxygen atoms in total. The fourth-order valence-corrected chi connectivity index (χ4v) is 4.44. The number of carbonyl (C=O) groups excluding carboxylic acids is 2. The van der Waals surface area contributed by atoms with Crippen molar-refractivity contribution in [1.82, 2.24) is 4.72 Å². The summed E-state index contributed by atoms with van der Waals surface area (Å²) in [6.45, 7) is -0.481. The summed E-state index contributed by atoms with van der Waals surface area (Å²) in [5, 5.41) is 2.66. The van der Waals surface area contributed by atoms with Gasteiger partial charge in [0.2, 0.25) is 0 Å². The first-order valence-electron chi connectivity index (χ1n) is 10.4. The second kappa shape index (κ2) is 10.2. The van der Waals surface area contributed by atoms with E-state index in [2.05, 4.69) is 15.0 Å². The smallest absolute Gasteiger partial charge is 0.308 e. The highest BCUT2D eigenvalue weighted by Crippen LogP contribution is 2.29. The third-order valence-corrected chi connectivity index (χ3v) is 6.14. The van der Waals surface area contributed by atoms with Gasteiger partial charge in [-0.15, -0.1) is 0 Å². The quantitative estimate of drug-likeness (QED) is 0.479. The van der Waals surface area contributed by atoms with Gasteiger partial charge in [-0.05, 0) is 36.4 Å². The number of amidine groups is 1. The molecule has 0 bridgehead atoms. The molecule has 3 aromatic carbocycles. The minimum atomic E-state index is -3.64. The molecule has 0 aromatic heterocycles. The van der Waals surface area contributed by atoms with Crippen LogP contribution in [0, 0.1) is 0 Å². The third kappa shape index (κ3) is 5.59. The van der Waals surface area contributed by atoms with Crippen LogP contribution in [0.4, 0.5) is 5.69 Å². The van der Waals surface area contributed by atoms with Crippen LogP contribution in [0.5, 0.6) is 11.5 Å². The van der Waals surface area contributed by atoms with Gasteiger partial charge in [-0.1, -0.05) is 42.5 Å². The normalized spacial score (nSPS) is 14.6. The Bertz CT molecular complexity index is 1340. The SMILES string of the molecule is O=C(COC(=O)CCN=C1NS(=O)(=O)c2ccccc21)Nc1ccccc1Oc1ccccc1. The molecule has 1 aliphatic rings. The predicted molar refractivity (Wildman–Crippen MR) is 125 cm³/mol. The number of carbonyl (C=O) groups is 2. The van der Waals surface area contributed by atoms with Gasteiger partial charge >= 0.3 is 5.97 Å². The van der Waals surface area contributed by atoms with Gasteiger partial charge in [-0.2, -0.15) is 0 Å². The van der Waals surface area contributed by atoms with E-state index in [1.807, 2.05) is 18.2 Å². The van der Waals surface area contributed by atoms with Gasteiger partial charge in [0.05, 0.1) is 23.5 Å². The van der Waals surface area contributed by atoms with Crippen LogP contribution < -0.4 is 14.8 Å². The number of fused-ring (bicyclic) bond motifs is 1. The Hall–Kier alpha value is -4.18. The van der Waals surface area contributed by atoms with Crippen molar-refractivity contribution < 1.29 is 27.5 Å². The Morgan fingerprint density at radius 2 is 1.62 bits per heavy atom. The number of sulfonamides is 1. The summed E-state index contributed by atoms with van der Waals surface area (Å²) in [5.41, 5.74) is 0.887. The number of aliphatic imine (C=N–C) groups is 1. The van der Waals surface area contributed by atoms with Crippen molar-refractivity contribution in [3.63, 3.8) is 0 Å². The van der Waals surface area contributed by atoms with Gasteiger partial charge < -0.3 is 14.8 Å². The fraction of sp³-hybridized carbons (Fsp3) is 0.125. The van der Waals surface area contributed by atoms with Crippen molar-refractivity contribution in [2.24, 2.45) is 4.99 Å². The lowest BCUT2D eigenvalue weighted by Gasteiger charge is -2.12. The lowest BCUT2D eigenvalue weighted by Crippen LogP contribution is -2.23. The molecule has 174 valence electrons. The molecule has 1 amide bonds. The van der Waals surface area contributed by atoms with Crippen LogP contribution >= 0.6 is 0 Å². The summed E-state index contributed by atoms with van der Waals surface area (Å²) in [4.78, 5) is 28.6. The van der Waals surface area contributed by atoms with Crippen molar-refractivity contribution in [2.45, 2.75) is 11.3 Å². The van der Waals surface area contributed by atoms with E-state index in [-0.39, 0.29) is 23.7 Å². The Kier molecular flexibility index (Phi) is 6.88. The van der Waals surface area contributed by atoms with Crippen molar-refractivity contribution in [3.05, 3.63) is 84.4 Å². The molecule has 1 aliphatic heterocycles. The molecule has 0 saturated heterocycles. The predicted octanol–water partition coefficient (Wildman–Crippen LogP) is 3.09. The van der Waals surface area contributed by atoms with Crippen molar-refractivity contribution >= 4 is 33.4 Å². The highest BCUT2D eigenvalue weighted by Gasteiger charge is 2.30. The lowest BCUT2D eigenvalue weighted by atomic mass is 10.2. The molecule has 0 unspecified atom stereocenters. The number of hydrogen-bond donors (Lipinski definition) is 2. The summed E-state index contributed by atoms with van der Waals surface area (Å²) in [7, 11) is -3.64. The van der Waals surface area contributed by atoms with Crippen LogP contribution in [0.1, 0.15) is 12.0 Å². The largest absolute Gasteiger partial charge is 0.456 e. The van der Waals surface area contributed by atoms with Crippen molar-refractivity contribution in [1.29, 1.82) is 0 Å². The van der Waals surface area contributed by atoms with E-state index >= 15 is 0 Å². The number of amides is 1. The number of nitrogens with zero attached hydrogens (tertiary/aromatic N) is 1. The van der Waals surface area contributed by atoms with E-state index in [1.54, 1.807) is 54.6 Å². The number of ether oxygens (including phenoxy) is 2. The average molecular weight is 480 g/mol. The Morgan fingerprint density at radius 3 is 2.44 bits per heavy atom. The number of rotatable bonds is 8. The van der Waals surface area contributed by atoms with Crippen LogP contribution in [0.3, 0.4) is 0 Å². The van der Waals surface area contributed by atoms with Crippen LogP contribution in [0.25, 0.3) is 0 Å². The Balaban J connectivity index is 1.27. The molecule has 2 N–H and O–H groups in total. The van der Waals surface area contributed by atoms with E-state index < -0.39 is 28.5 Å². The molecule has 0 atom stereocenters. The average Bonchev–Trinajstić information content (AvgIpc) is 3.10. The highest BCUT2D eigenvalue weighted by molar-refractivity contribution is 7.90. The number of nitrogens with one attached hydrogen (secondary N) is 2. The van der Waals surface area contributed by atoms with E-state index in [4.69, 9.17) is 9.47 Å². The number of hydrogen-bond acceptors (Lipinski definition) is 7.